The second kappa shape index (κ2) is 9.09. The van der Waals surface area contributed by atoms with Gasteiger partial charge in [0.2, 0.25) is 5.88 Å². The van der Waals surface area contributed by atoms with E-state index in [0.29, 0.717) is 11.3 Å². The molecule has 152 valence electrons. The van der Waals surface area contributed by atoms with Crippen molar-refractivity contribution >= 4 is 5.71 Å². The standard InChI is InChI=1S/C22H16F3N3O2/c1-29-28-21(16-8-6-15(12-26)7-9-16)19-5-3-2-4-17(19)14-30-20-11-10-18(13-27-20)22(23,24)25/h2-11,13H,14H2,1H3/b28-21-. The lowest BCUT2D eigenvalue weighted by molar-refractivity contribution is -0.137. The number of nitriles is 1. The monoisotopic (exact) mass is 411 g/mol. The molecule has 0 N–H and O–H groups in total. The molecule has 5 nitrogen and oxygen atoms in total. The highest BCUT2D eigenvalue weighted by atomic mass is 19.4. The molecular weight excluding hydrogens is 395 g/mol. The van der Waals surface area contributed by atoms with Crippen LogP contribution < -0.4 is 4.74 Å². The zero-order chi connectivity index (χ0) is 21.6. The fourth-order valence-electron chi connectivity index (χ4n) is 2.71. The van der Waals surface area contributed by atoms with Crippen molar-refractivity contribution in [3.05, 3.63) is 94.7 Å². The van der Waals surface area contributed by atoms with Gasteiger partial charge in [0.1, 0.15) is 19.4 Å². The predicted octanol–water partition coefficient (Wildman–Crippen LogP) is 4.95. The topological polar surface area (TPSA) is 67.5 Å². The number of nitrogens with zero attached hydrogens (tertiary/aromatic N) is 3. The third-order valence-corrected chi connectivity index (χ3v) is 4.18. The molecule has 0 bridgehead atoms. The summed E-state index contributed by atoms with van der Waals surface area (Å²) in [5.41, 5.74) is 2.39. The lowest BCUT2D eigenvalue weighted by Gasteiger charge is -2.13. The molecule has 0 aliphatic carbocycles. The first-order chi connectivity index (χ1) is 14.4. The average Bonchev–Trinajstić information content (AvgIpc) is 2.76. The quantitative estimate of drug-likeness (QED) is 0.425. The van der Waals surface area contributed by atoms with E-state index in [2.05, 4.69) is 16.2 Å². The van der Waals surface area contributed by atoms with E-state index in [0.717, 1.165) is 29.0 Å². The van der Waals surface area contributed by atoms with E-state index in [4.69, 9.17) is 14.8 Å². The molecule has 0 radical (unpaired) electrons. The van der Waals surface area contributed by atoms with E-state index in [-0.39, 0.29) is 12.5 Å². The smallest absolute Gasteiger partial charge is 0.417 e. The Bertz CT molecular complexity index is 1070. The van der Waals surface area contributed by atoms with Crippen LogP contribution in [0, 0.1) is 11.3 Å². The van der Waals surface area contributed by atoms with E-state index in [1.807, 2.05) is 24.3 Å². The summed E-state index contributed by atoms with van der Waals surface area (Å²) in [6.07, 6.45) is -3.72. The van der Waals surface area contributed by atoms with Gasteiger partial charge in [-0.25, -0.2) is 4.98 Å². The van der Waals surface area contributed by atoms with Crippen molar-refractivity contribution in [3.8, 4) is 11.9 Å². The summed E-state index contributed by atoms with van der Waals surface area (Å²) < 4.78 is 43.6. The summed E-state index contributed by atoms with van der Waals surface area (Å²) in [6.45, 7) is 0.0630. The van der Waals surface area contributed by atoms with E-state index in [1.54, 1.807) is 24.3 Å². The first-order valence-corrected chi connectivity index (χ1v) is 8.78. The van der Waals surface area contributed by atoms with Crippen LogP contribution in [0.2, 0.25) is 0 Å². The number of hydrogen-bond donors (Lipinski definition) is 0. The van der Waals surface area contributed by atoms with Gasteiger partial charge in [-0.15, -0.1) is 0 Å². The minimum Gasteiger partial charge on any atom is -0.473 e. The van der Waals surface area contributed by atoms with Gasteiger partial charge in [-0.3, -0.25) is 0 Å². The molecule has 3 rings (SSSR count). The van der Waals surface area contributed by atoms with Crippen LogP contribution in [-0.2, 0) is 17.6 Å². The van der Waals surface area contributed by atoms with E-state index in [9.17, 15) is 13.2 Å². The molecule has 0 saturated heterocycles. The number of pyridine rings is 1. The first-order valence-electron chi connectivity index (χ1n) is 8.78. The molecule has 0 unspecified atom stereocenters. The highest BCUT2D eigenvalue weighted by Gasteiger charge is 2.30. The molecule has 0 amide bonds. The van der Waals surface area contributed by atoms with Crippen LogP contribution in [0.1, 0.15) is 27.8 Å². The average molecular weight is 411 g/mol. The van der Waals surface area contributed by atoms with Crippen LogP contribution >= 0.6 is 0 Å². The van der Waals surface area contributed by atoms with Crippen LogP contribution in [0.15, 0.2) is 72.0 Å². The Kier molecular flexibility index (Phi) is 6.32. The van der Waals surface area contributed by atoms with Crippen molar-refractivity contribution in [1.82, 2.24) is 4.98 Å². The van der Waals surface area contributed by atoms with Crippen molar-refractivity contribution in [2.24, 2.45) is 5.16 Å². The van der Waals surface area contributed by atoms with Crippen LogP contribution in [0.25, 0.3) is 0 Å². The zero-order valence-electron chi connectivity index (χ0n) is 15.8. The molecule has 1 heterocycles. The Morgan fingerprint density at radius 2 is 1.80 bits per heavy atom. The second-order valence-electron chi connectivity index (χ2n) is 6.14. The van der Waals surface area contributed by atoms with Crippen LogP contribution in [0.4, 0.5) is 13.2 Å². The SMILES string of the molecule is CO/N=C(/c1ccc(C#N)cc1)c1ccccc1COc1ccc(C(F)(F)F)cn1. The van der Waals surface area contributed by atoms with Crippen molar-refractivity contribution in [3.63, 3.8) is 0 Å². The van der Waals surface area contributed by atoms with Gasteiger partial charge in [0, 0.05) is 23.4 Å². The summed E-state index contributed by atoms with van der Waals surface area (Å²) in [5.74, 6) is 0.0707. The van der Waals surface area contributed by atoms with E-state index >= 15 is 0 Å². The molecule has 0 aliphatic rings. The maximum atomic E-state index is 12.7. The summed E-state index contributed by atoms with van der Waals surface area (Å²) in [4.78, 5) is 8.72. The van der Waals surface area contributed by atoms with E-state index in [1.165, 1.54) is 13.2 Å². The van der Waals surface area contributed by atoms with Gasteiger partial charge in [0.15, 0.2) is 0 Å². The van der Waals surface area contributed by atoms with Crippen LogP contribution in [0.3, 0.4) is 0 Å². The maximum Gasteiger partial charge on any atom is 0.417 e. The summed E-state index contributed by atoms with van der Waals surface area (Å²) in [5, 5.41) is 13.1. The Morgan fingerprint density at radius 3 is 2.40 bits per heavy atom. The van der Waals surface area contributed by atoms with Crippen LogP contribution in [0.5, 0.6) is 5.88 Å². The fraction of sp³-hybridized carbons (Fsp3) is 0.136. The molecule has 30 heavy (non-hydrogen) atoms. The van der Waals surface area contributed by atoms with Gasteiger partial charge in [-0.2, -0.15) is 18.4 Å². The Balaban J connectivity index is 1.85. The molecule has 8 heteroatoms. The van der Waals surface area contributed by atoms with Crippen molar-refractivity contribution in [2.75, 3.05) is 7.11 Å². The van der Waals surface area contributed by atoms with Crippen molar-refractivity contribution < 1.29 is 22.7 Å². The van der Waals surface area contributed by atoms with Gasteiger partial charge in [0.05, 0.1) is 17.2 Å². The number of benzene rings is 2. The number of ether oxygens (including phenoxy) is 1. The molecule has 0 aliphatic heterocycles. The summed E-state index contributed by atoms with van der Waals surface area (Å²) >= 11 is 0. The lowest BCUT2D eigenvalue weighted by atomic mass is 9.97. The molecule has 0 fully saturated rings. The molecule has 0 saturated carbocycles. The minimum absolute atomic E-state index is 0.0630. The summed E-state index contributed by atoms with van der Waals surface area (Å²) in [7, 11) is 1.43. The van der Waals surface area contributed by atoms with Gasteiger partial charge in [-0.1, -0.05) is 41.6 Å². The van der Waals surface area contributed by atoms with Gasteiger partial charge < -0.3 is 9.57 Å². The molecule has 3 aromatic rings. The lowest BCUT2D eigenvalue weighted by Crippen LogP contribution is -2.10. The zero-order valence-corrected chi connectivity index (χ0v) is 15.8. The summed E-state index contributed by atoms with van der Waals surface area (Å²) in [6, 6.07) is 18.3. The molecule has 1 aromatic heterocycles. The highest BCUT2D eigenvalue weighted by Crippen LogP contribution is 2.29. The van der Waals surface area contributed by atoms with Gasteiger partial charge >= 0.3 is 6.18 Å². The Labute approximate surface area is 171 Å². The fourth-order valence-corrected chi connectivity index (χ4v) is 2.71. The van der Waals surface area contributed by atoms with E-state index < -0.39 is 11.7 Å². The van der Waals surface area contributed by atoms with Crippen molar-refractivity contribution in [1.29, 1.82) is 5.26 Å². The van der Waals surface area contributed by atoms with Crippen molar-refractivity contribution in [2.45, 2.75) is 12.8 Å². The molecule has 0 atom stereocenters. The molecule has 2 aromatic carbocycles. The van der Waals surface area contributed by atoms with Gasteiger partial charge in [-0.05, 0) is 23.8 Å². The normalized spacial score (nSPS) is 11.6. The van der Waals surface area contributed by atoms with Gasteiger partial charge in [0.25, 0.3) is 0 Å². The number of oxime groups is 1. The number of alkyl halides is 3. The maximum absolute atomic E-state index is 12.7. The first kappa shape index (κ1) is 20.9. The largest absolute Gasteiger partial charge is 0.473 e. The number of halogens is 3. The number of aromatic nitrogens is 1. The molecule has 0 spiro atoms. The second-order valence-corrected chi connectivity index (χ2v) is 6.14. The minimum atomic E-state index is -4.45. The highest BCUT2D eigenvalue weighted by molar-refractivity contribution is 6.13. The third kappa shape index (κ3) is 4.94. The molecular formula is C22H16F3N3O2. The van der Waals surface area contributed by atoms with Crippen LogP contribution in [-0.4, -0.2) is 17.8 Å². The predicted molar refractivity (Wildman–Crippen MR) is 104 cm³/mol. The Morgan fingerprint density at radius 1 is 1.07 bits per heavy atom. The third-order valence-electron chi connectivity index (χ3n) is 4.18. The number of hydrogen-bond acceptors (Lipinski definition) is 5. The number of rotatable bonds is 6. The Hall–Kier alpha value is -3.86.